The van der Waals surface area contributed by atoms with Crippen molar-refractivity contribution >= 4 is 28.6 Å². The summed E-state index contributed by atoms with van der Waals surface area (Å²) in [4.78, 5) is 50.0. The fourth-order valence-electron chi connectivity index (χ4n) is 3.84. The Morgan fingerprint density at radius 1 is 1.03 bits per heavy atom. The minimum atomic E-state index is -0.378. The van der Waals surface area contributed by atoms with Crippen LogP contribution >= 0.6 is 0 Å². The number of nitrogens with one attached hydrogen (secondary N) is 3. The lowest BCUT2D eigenvalue weighted by atomic mass is 10.2. The number of hydrogen-bond donors (Lipinski definition) is 3. The highest BCUT2D eigenvalue weighted by Gasteiger charge is 2.17. The molecule has 3 heterocycles. The van der Waals surface area contributed by atoms with Crippen molar-refractivity contribution in [3.8, 4) is 17.1 Å². The Kier molecular flexibility index (Phi) is 7.47. The van der Waals surface area contributed by atoms with Gasteiger partial charge in [-0.1, -0.05) is 13.8 Å². The van der Waals surface area contributed by atoms with E-state index in [1.54, 1.807) is 49.7 Å². The number of methoxy groups -OCH3 is 1. The minimum Gasteiger partial charge on any atom is -0.497 e. The van der Waals surface area contributed by atoms with Gasteiger partial charge in [0.15, 0.2) is 5.65 Å². The summed E-state index contributed by atoms with van der Waals surface area (Å²) in [5.74, 6) is 1.44. The number of ether oxygens (including phenoxy) is 1. The molecule has 0 aliphatic heterocycles. The Bertz CT molecular complexity index is 1470. The summed E-state index contributed by atoms with van der Waals surface area (Å²) in [6, 6.07) is 10.5. The van der Waals surface area contributed by atoms with Gasteiger partial charge in [0.25, 0.3) is 5.56 Å². The van der Waals surface area contributed by atoms with Crippen LogP contribution < -0.4 is 26.6 Å². The van der Waals surface area contributed by atoms with Crippen LogP contribution in [0.1, 0.15) is 26.7 Å². The third kappa shape index (κ3) is 5.14. The summed E-state index contributed by atoms with van der Waals surface area (Å²) in [7, 11) is 1.58. The highest BCUT2D eigenvalue weighted by atomic mass is 16.5. The fourth-order valence-corrected chi connectivity index (χ4v) is 3.84. The van der Waals surface area contributed by atoms with Gasteiger partial charge in [0, 0.05) is 30.5 Å². The van der Waals surface area contributed by atoms with Crippen LogP contribution in [0, 0.1) is 0 Å². The molecule has 0 saturated carbocycles. The van der Waals surface area contributed by atoms with Crippen molar-refractivity contribution in [2.24, 2.45) is 0 Å². The number of rotatable bonds is 10. The van der Waals surface area contributed by atoms with E-state index >= 15 is 0 Å². The maximum atomic E-state index is 12.9. The predicted molar refractivity (Wildman–Crippen MR) is 139 cm³/mol. The second-order valence-corrected chi connectivity index (χ2v) is 8.24. The number of aromatic nitrogens is 5. The van der Waals surface area contributed by atoms with Gasteiger partial charge in [-0.15, -0.1) is 0 Å². The molecule has 0 aliphatic rings. The number of aromatic amines is 1. The molecule has 0 aliphatic carbocycles. The SMILES string of the molecule is CCCn1c(=O)c2[nH]c(-c3ccc(NCC(=O)Nc4ccc(OC)cc4)nc3)nc2n(CCC)c1=O. The van der Waals surface area contributed by atoms with Crippen molar-refractivity contribution in [3.05, 3.63) is 63.4 Å². The van der Waals surface area contributed by atoms with Crippen molar-refractivity contribution in [1.82, 2.24) is 24.1 Å². The van der Waals surface area contributed by atoms with Gasteiger partial charge >= 0.3 is 5.69 Å². The van der Waals surface area contributed by atoms with Crippen LogP contribution in [0.15, 0.2) is 52.2 Å². The van der Waals surface area contributed by atoms with Crippen LogP contribution in [-0.2, 0) is 17.9 Å². The van der Waals surface area contributed by atoms with E-state index in [1.807, 2.05) is 13.8 Å². The fraction of sp³-hybridized carbons (Fsp3) is 0.320. The van der Waals surface area contributed by atoms with Crippen molar-refractivity contribution in [1.29, 1.82) is 0 Å². The molecule has 0 unspecified atom stereocenters. The quantitative estimate of drug-likeness (QED) is 0.310. The molecular weight excluding hydrogens is 462 g/mol. The highest BCUT2D eigenvalue weighted by molar-refractivity contribution is 5.93. The number of fused-ring (bicyclic) bond motifs is 1. The van der Waals surface area contributed by atoms with Gasteiger partial charge in [0.05, 0.1) is 13.7 Å². The number of anilines is 2. The smallest absolute Gasteiger partial charge is 0.332 e. The van der Waals surface area contributed by atoms with E-state index in [0.29, 0.717) is 59.3 Å². The molecule has 11 nitrogen and oxygen atoms in total. The number of pyridine rings is 1. The van der Waals surface area contributed by atoms with Crippen LogP contribution in [0.4, 0.5) is 11.5 Å². The van der Waals surface area contributed by atoms with Crippen LogP contribution in [0.25, 0.3) is 22.6 Å². The third-order valence-corrected chi connectivity index (χ3v) is 5.60. The summed E-state index contributed by atoms with van der Waals surface area (Å²) in [6.07, 6.45) is 2.99. The highest BCUT2D eigenvalue weighted by Crippen LogP contribution is 2.19. The first-order chi connectivity index (χ1) is 17.4. The van der Waals surface area contributed by atoms with E-state index in [1.165, 1.54) is 9.13 Å². The molecule has 11 heteroatoms. The van der Waals surface area contributed by atoms with Crippen molar-refractivity contribution in [2.45, 2.75) is 39.8 Å². The first-order valence-corrected chi connectivity index (χ1v) is 11.8. The van der Waals surface area contributed by atoms with E-state index in [2.05, 4.69) is 25.6 Å². The zero-order chi connectivity index (χ0) is 25.7. The van der Waals surface area contributed by atoms with Crippen LogP contribution in [0.2, 0.25) is 0 Å². The van der Waals surface area contributed by atoms with Crippen molar-refractivity contribution < 1.29 is 9.53 Å². The number of imidazole rings is 1. The predicted octanol–water partition coefficient (Wildman–Crippen LogP) is 2.83. The normalized spacial score (nSPS) is 11.0. The molecule has 3 N–H and O–H groups in total. The number of aryl methyl sites for hydroxylation is 1. The van der Waals surface area contributed by atoms with E-state index in [-0.39, 0.29) is 23.7 Å². The largest absolute Gasteiger partial charge is 0.497 e. The Hall–Kier alpha value is -4.41. The summed E-state index contributed by atoms with van der Waals surface area (Å²) < 4.78 is 7.90. The second kappa shape index (κ2) is 10.9. The summed E-state index contributed by atoms with van der Waals surface area (Å²) in [5, 5.41) is 5.77. The third-order valence-electron chi connectivity index (χ3n) is 5.60. The van der Waals surface area contributed by atoms with Gasteiger partial charge in [0.2, 0.25) is 5.91 Å². The molecule has 188 valence electrons. The second-order valence-electron chi connectivity index (χ2n) is 8.24. The number of nitrogens with zero attached hydrogens (tertiary/aromatic N) is 4. The standard InChI is InChI=1S/C25H29N7O4/c1-4-12-31-23-21(24(34)32(13-5-2)25(31)35)29-22(30-23)16-6-11-19(26-14-16)27-15-20(33)28-17-7-9-18(36-3)10-8-17/h6-11,14H,4-5,12-13,15H2,1-3H3,(H,26,27)(H,28,33)(H,29,30). The molecule has 0 bridgehead atoms. The Morgan fingerprint density at radius 2 is 1.75 bits per heavy atom. The van der Waals surface area contributed by atoms with Gasteiger partial charge < -0.3 is 20.4 Å². The summed E-state index contributed by atoms with van der Waals surface area (Å²) >= 11 is 0. The van der Waals surface area contributed by atoms with Crippen LogP contribution in [0.5, 0.6) is 5.75 Å². The maximum absolute atomic E-state index is 12.9. The van der Waals surface area contributed by atoms with Gasteiger partial charge in [-0.3, -0.25) is 18.7 Å². The monoisotopic (exact) mass is 491 g/mol. The topological polar surface area (TPSA) is 136 Å². The zero-order valence-electron chi connectivity index (χ0n) is 20.5. The lowest BCUT2D eigenvalue weighted by molar-refractivity contribution is -0.114. The maximum Gasteiger partial charge on any atom is 0.332 e. The zero-order valence-corrected chi connectivity index (χ0v) is 20.5. The molecule has 4 rings (SSSR count). The van der Waals surface area contributed by atoms with Gasteiger partial charge in [-0.05, 0) is 49.2 Å². The van der Waals surface area contributed by atoms with Crippen LogP contribution in [0.3, 0.4) is 0 Å². The first kappa shape index (κ1) is 24.7. The molecule has 3 aromatic heterocycles. The molecule has 0 atom stereocenters. The first-order valence-electron chi connectivity index (χ1n) is 11.8. The van der Waals surface area contributed by atoms with Gasteiger partial charge in [-0.25, -0.2) is 14.8 Å². The van der Waals surface area contributed by atoms with Gasteiger partial charge in [-0.2, -0.15) is 0 Å². The minimum absolute atomic E-state index is 0.0310. The van der Waals surface area contributed by atoms with Crippen LogP contribution in [-0.4, -0.2) is 43.6 Å². The number of carbonyl (C=O) groups is 1. The molecule has 36 heavy (non-hydrogen) atoms. The molecule has 4 aromatic rings. The summed E-state index contributed by atoms with van der Waals surface area (Å²) in [5.41, 5.74) is 1.22. The van der Waals surface area contributed by atoms with E-state index in [4.69, 9.17) is 4.74 Å². The molecular formula is C25H29N7O4. The Balaban J connectivity index is 1.50. The van der Waals surface area contributed by atoms with Crippen molar-refractivity contribution in [3.63, 3.8) is 0 Å². The molecule has 0 spiro atoms. The van der Waals surface area contributed by atoms with Crippen molar-refractivity contribution in [2.75, 3.05) is 24.3 Å². The lowest BCUT2D eigenvalue weighted by Crippen LogP contribution is -2.40. The number of carbonyl (C=O) groups excluding carboxylic acids is 1. The number of H-pyrrole nitrogens is 1. The molecule has 1 amide bonds. The Morgan fingerprint density at radius 3 is 2.39 bits per heavy atom. The average Bonchev–Trinajstić information content (AvgIpc) is 3.34. The van der Waals surface area contributed by atoms with Gasteiger partial charge in [0.1, 0.15) is 22.9 Å². The molecule has 0 fully saturated rings. The molecule has 0 radical (unpaired) electrons. The summed E-state index contributed by atoms with van der Waals surface area (Å²) in [6.45, 7) is 4.73. The van der Waals surface area contributed by atoms with E-state index in [9.17, 15) is 14.4 Å². The number of benzene rings is 1. The lowest BCUT2D eigenvalue weighted by Gasteiger charge is -2.09. The number of hydrogen-bond acceptors (Lipinski definition) is 7. The Labute approximate surface area is 207 Å². The number of amides is 1. The van der Waals surface area contributed by atoms with E-state index in [0.717, 1.165) is 6.42 Å². The molecule has 0 saturated heterocycles. The molecule has 1 aromatic carbocycles. The average molecular weight is 492 g/mol. The van der Waals surface area contributed by atoms with E-state index < -0.39 is 0 Å².